The number of benzene rings is 4. The zero-order valence-electron chi connectivity index (χ0n) is 25.8. The van der Waals surface area contributed by atoms with Gasteiger partial charge in [-0.05, 0) is 38.8 Å². The van der Waals surface area contributed by atoms with Crippen molar-refractivity contribution < 1.29 is 51.0 Å². The third-order valence-corrected chi connectivity index (χ3v) is 12.3. The Morgan fingerprint density at radius 3 is 1.17 bits per heavy atom. The maximum absolute atomic E-state index is 2.58. The van der Waals surface area contributed by atoms with E-state index >= 15 is 0 Å². The standard InChI is InChI=1S/C38H38Si.2ClH.Zr/c1-23-15-24(2)18-31(17-23)33-13-9-11-29-21-27(5)37(35(29)33)39(7,8)38-28(6)22-30-12-10-14-34(36(30)38)32-19-25(3)16-26(4)20-32;;;/h9-22H,1-8H3;2*1H;/q-2;;;+4/p-2. The van der Waals surface area contributed by atoms with Crippen molar-refractivity contribution in [1.82, 2.24) is 0 Å². The summed E-state index contributed by atoms with van der Waals surface area (Å²) in [7, 11) is -2.15. The Kier molecular flexibility index (Phi) is 10.4. The van der Waals surface area contributed by atoms with E-state index < -0.39 is 8.07 Å². The van der Waals surface area contributed by atoms with Crippen molar-refractivity contribution in [3.05, 3.63) is 118 Å². The summed E-state index contributed by atoms with van der Waals surface area (Å²) in [5.74, 6) is 0. The van der Waals surface area contributed by atoms with Gasteiger partial charge in [0.05, 0.1) is 0 Å². The fourth-order valence-corrected chi connectivity index (χ4v) is 11.6. The Morgan fingerprint density at radius 2 is 0.833 bits per heavy atom. The molecule has 4 heteroatoms. The molecule has 0 amide bonds. The average molecular weight is 685 g/mol. The summed E-state index contributed by atoms with van der Waals surface area (Å²) in [6.45, 7) is 18.7. The molecule has 6 rings (SSSR count). The van der Waals surface area contributed by atoms with Gasteiger partial charge in [0.15, 0.2) is 0 Å². The summed E-state index contributed by atoms with van der Waals surface area (Å²) >= 11 is 0. The van der Waals surface area contributed by atoms with Crippen LogP contribution >= 0.6 is 0 Å². The molecule has 0 aliphatic rings. The summed E-state index contributed by atoms with van der Waals surface area (Å²) in [6.07, 6.45) is 0. The Labute approximate surface area is 284 Å². The largest absolute Gasteiger partial charge is 4.00 e. The minimum atomic E-state index is -2.15. The second-order valence-electron chi connectivity index (χ2n) is 12.3. The number of halogens is 2. The first-order valence-electron chi connectivity index (χ1n) is 14.1. The first-order valence-corrected chi connectivity index (χ1v) is 17.1. The molecular weight excluding hydrogens is 647 g/mol. The van der Waals surface area contributed by atoms with E-state index in [1.54, 1.807) is 10.4 Å². The number of hydrogen-bond donors (Lipinski definition) is 0. The first kappa shape index (κ1) is 34.3. The topological polar surface area (TPSA) is 0 Å². The van der Waals surface area contributed by atoms with Gasteiger partial charge >= 0.3 is 26.2 Å². The summed E-state index contributed by atoms with van der Waals surface area (Å²) in [6, 6.07) is 32.5. The van der Waals surface area contributed by atoms with Crippen LogP contribution in [-0.4, -0.2) is 8.07 Å². The Hall–Kier alpha value is -2.22. The van der Waals surface area contributed by atoms with Crippen LogP contribution in [0.4, 0.5) is 0 Å². The van der Waals surface area contributed by atoms with Crippen LogP contribution in [0.25, 0.3) is 43.8 Å². The van der Waals surface area contributed by atoms with Crippen molar-refractivity contribution in [2.45, 2.75) is 54.6 Å². The zero-order chi connectivity index (χ0) is 27.6. The third kappa shape index (κ3) is 5.81. The third-order valence-electron chi connectivity index (χ3n) is 8.54. The molecule has 6 aromatic carbocycles. The fraction of sp³-hybridized carbons (Fsp3) is 0.211. The van der Waals surface area contributed by atoms with Crippen LogP contribution in [0, 0.1) is 41.5 Å². The fourth-order valence-electron chi connectivity index (χ4n) is 7.42. The van der Waals surface area contributed by atoms with E-state index in [9.17, 15) is 0 Å². The van der Waals surface area contributed by atoms with Gasteiger partial charge in [-0.2, -0.15) is 10.4 Å². The van der Waals surface area contributed by atoms with Crippen LogP contribution in [0.3, 0.4) is 0 Å². The van der Waals surface area contributed by atoms with Crippen LogP contribution in [-0.2, 0) is 26.2 Å². The molecule has 6 aromatic rings. The van der Waals surface area contributed by atoms with Gasteiger partial charge in [-0.1, -0.05) is 109 Å². The van der Waals surface area contributed by atoms with Gasteiger partial charge in [0.25, 0.3) is 0 Å². The molecule has 0 saturated heterocycles. The smallest absolute Gasteiger partial charge is 1.00 e. The molecule has 0 aliphatic carbocycles. The Morgan fingerprint density at radius 1 is 0.500 bits per heavy atom. The zero-order valence-corrected chi connectivity index (χ0v) is 30.8. The molecule has 0 unspecified atom stereocenters. The summed E-state index contributed by atoms with van der Waals surface area (Å²) in [5.41, 5.74) is 13.5. The molecule has 0 fully saturated rings. The van der Waals surface area contributed by atoms with E-state index in [-0.39, 0.29) is 51.0 Å². The van der Waals surface area contributed by atoms with Gasteiger partial charge in [0.1, 0.15) is 0 Å². The molecule has 0 N–H and O–H groups in total. The molecule has 0 saturated carbocycles. The molecule has 0 atom stereocenters. The van der Waals surface area contributed by atoms with Gasteiger partial charge in [-0.25, -0.2) is 0 Å². The second-order valence-corrected chi connectivity index (χ2v) is 16.6. The maximum Gasteiger partial charge on any atom is 4.00 e. The quantitative estimate of drug-likeness (QED) is 0.197. The van der Waals surface area contributed by atoms with Crippen molar-refractivity contribution in [3.8, 4) is 22.3 Å². The van der Waals surface area contributed by atoms with Gasteiger partial charge in [0, 0.05) is 8.07 Å². The van der Waals surface area contributed by atoms with E-state index in [0.717, 1.165) is 0 Å². The molecule has 42 heavy (non-hydrogen) atoms. The Bertz CT molecular complexity index is 1730. The minimum absolute atomic E-state index is 0. The van der Waals surface area contributed by atoms with Gasteiger partial charge < -0.3 is 24.8 Å². The normalized spacial score (nSPS) is 11.2. The minimum Gasteiger partial charge on any atom is -1.00 e. The molecule has 0 nitrogen and oxygen atoms in total. The van der Waals surface area contributed by atoms with E-state index in [1.807, 2.05) is 0 Å². The molecule has 0 bridgehead atoms. The second kappa shape index (κ2) is 12.8. The number of hydrogen-bond acceptors (Lipinski definition) is 0. The molecule has 212 valence electrons. The molecule has 0 aliphatic heterocycles. The molecule has 0 radical (unpaired) electrons. The van der Waals surface area contributed by atoms with Gasteiger partial charge in [-0.15, -0.1) is 69.1 Å². The van der Waals surface area contributed by atoms with Gasteiger partial charge in [-0.3, -0.25) is 0 Å². The number of aryl methyl sites for hydroxylation is 6. The Balaban J connectivity index is 0.00000161. The SMILES string of the molecule is Cc1cc(C)cc(-c2cccc3[cH-]c(C)c([Si](C)(C)c4c(C)[cH-]c5cccc(-c6cc(C)cc(C)c6)c45)c23)c1.[Cl-].[Cl-].[Zr+4]. The first-order chi connectivity index (χ1) is 18.5. The van der Waals surface area contributed by atoms with E-state index in [4.69, 9.17) is 0 Å². The van der Waals surface area contributed by atoms with Crippen molar-refractivity contribution in [1.29, 1.82) is 0 Å². The summed E-state index contributed by atoms with van der Waals surface area (Å²) in [4.78, 5) is 0. The monoisotopic (exact) mass is 682 g/mol. The molecule has 0 heterocycles. The van der Waals surface area contributed by atoms with Crippen molar-refractivity contribution in [2.24, 2.45) is 0 Å². The average Bonchev–Trinajstić information content (AvgIpc) is 3.38. The van der Waals surface area contributed by atoms with Crippen molar-refractivity contribution in [2.75, 3.05) is 0 Å². The van der Waals surface area contributed by atoms with E-state index in [0.29, 0.717) is 0 Å². The molecule has 0 spiro atoms. The van der Waals surface area contributed by atoms with Crippen molar-refractivity contribution >= 4 is 40.0 Å². The van der Waals surface area contributed by atoms with E-state index in [2.05, 4.69) is 140 Å². The summed E-state index contributed by atoms with van der Waals surface area (Å²) in [5, 5.41) is 8.80. The van der Waals surface area contributed by atoms with E-state index in [1.165, 1.54) is 77.2 Å². The number of rotatable bonds is 4. The predicted molar refractivity (Wildman–Crippen MR) is 175 cm³/mol. The van der Waals surface area contributed by atoms with Crippen molar-refractivity contribution in [3.63, 3.8) is 0 Å². The van der Waals surface area contributed by atoms with Gasteiger partial charge in [0.2, 0.25) is 0 Å². The van der Waals surface area contributed by atoms with Crippen LogP contribution in [0.2, 0.25) is 13.1 Å². The summed E-state index contributed by atoms with van der Waals surface area (Å²) < 4.78 is 0. The van der Waals surface area contributed by atoms with Crippen LogP contribution in [0.15, 0.2) is 84.9 Å². The van der Waals surface area contributed by atoms with Crippen LogP contribution in [0.5, 0.6) is 0 Å². The van der Waals surface area contributed by atoms with Crippen LogP contribution in [0.1, 0.15) is 33.4 Å². The predicted octanol–water partition coefficient (Wildman–Crippen LogP) is 3.44. The molecular formula is C38H38Cl2SiZr. The number of fused-ring (bicyclic) bond motifs is 2. The molecule has 0 aromatic heterocycles. The maximum atomic E-state index is 2.58. The van der Waals surface area contributed by atoms with Crippen LogP contribution < -0.4 is 35.2 Å².